The van der Waals surface area contributed by atoms with Crippen LogP contribution in [0.4, 0.5) is 0 Å². The van der Waals surface area contributed by atoms with E-state index in [-0.39, 0.29) is 23.3 Å². The molecule has 7 heteroatoms. The number of likely N-dealkylation sites (tertiary alicyclic amines) is 2. The average Bonchev–Trinajstić information content (AvgIpc) is 3.28. The number of aromatic nitrogens is 2. The summed E-state index contributed by atoms with van der Waals surface area (Å²) < 4.78 is 2.17. The molecule has 2 atom stereocenters. The molecule has 0 radical (unpaired) electrons. The van der Waals surface area contributed by atoms with E-state index >= 15 is 0 Å². The molecule has 26 heavy (non-hydrogen) atoms. The topological polar surface area (TPSA) is 75.5 Å². The second-order valence-corrected chi connectivity index (χ2v) is 7.68. The number of fused-ring (bicyclic) bond motifs is 1. The van der Waals surface area contributed by atoms with Crippen molar-refractivity contribution < 1.29 is 9.59 Å². The number of carbonyl (C=O) groups is 2. The zero-order valence-corrected chi connectivity index (χ0v) is 15.3. The third kappa shape index (κ3) is 3.04. The van der Waals surface area contributed by atoms with Crippen LogP contribution in [0.25, 0.3) is 0 Å². The first-order chi connectivity index (χ1) is 12.5. The molecule has 0 bridgehead atoms. The van der Waals surface area contributed by atoms with Crippen LogP contribution in [0.2, 0.25) is 0 Å². The van der Waals surface area contributed by atoms with E-state index in [0.29, 0.717) is 19.5 Å². The fourth-order valence-corrected chi connectivity index (χ4v) is 4.65. The summed E-state index contributed by atoms with van der Waals surface area (Å²) in [5, 5.41) is 0. The van der Waals surface area contributed by atoms with Gasteiger partial charge in [0.05, 0.1) is 0 Å². The van der Waals surface area contributed by atoms with Gasteiger partial charge in [-0.25, -0.2) is 0 Å². The first kappa shape index (κ1) is 17.2. The van der Waals surface area contributed by atoms with Crippen molar-refractivity contribution in [3.8, 4) is 0 Å². The van der Waals surface area contributed by atoms with Gasteiger partial charge in [0.15, 0.2) is 0 Å². The Hall–Kier alpha value is -2.18. The Kier molecular flexibility index (Phi) is 4.54. The molecule has 0 unspecified atom stereocenters. The number of rotatable bonds is 3. The van der Waals surface area contributed by atoms with Gasteiger partial charge in [-0.1, -0.05) is 0 Å². The summed E-state index contributed by atoms with van der Waals surface area (Å²) in [6.45, 7) is 4.76. The van der Waals surface area contributed by atoms with Crippen LogP contribution in [-0.4, -0.2) is 56.8 Å². The number of carbonyl (C=O) groups excluding carboxylic acids is 2. The van der Waals surface area contributed by atoms with Gasteiger partial charge in [-0.3, -0.25) is 14.4 Å². The van der Waals surface area contributed by atoms with Gasteiger partial charge in [0.1, 0.15) is 11.9 Å². The number of piperidine rings is 1. The monoisotopic (exact) mass is 358 g/mol. The van der Waals surface area contributed by atoms with Gasteiger partial charge < -0.3 is 14.4 Å². The van der Waals surface area contributed by atoms with Crippen molar-refractivity contribution in [2.24, 2.45) is 0 Å². The van der Waals surface area contributed by atoms with Crippen LogP contribution in [0, 0.1) is 0 Å². The van der Waals surface area contributed by atoms with E-state index in [1.807, 2.05) is 11.8 Å². The van der Waals surface area contributed by atoms with Crippen LogP contribution in [0.5, 0.6) is 0 Å². The SMILES string of the molecule is C[C@@H](C(=O)N1CCC[C@@H](c2cc(=O)nc3n2CCC3)C1)N1CCCC1=O. The predicted octanol–water partition coefficient (Wildman–Crippen LogP) is 0.906. The minimum Gasteiger partial charge on any atom is -0.340 e. The van der Waals surface area contributed by atoms with Crippen molar-refractivity contribution in [2.45, 2.75) is 64.0 Å². The molecule has 1 aromatic heterocycles. The third-order valence-electron chi connectivity index (χ3n) is 6.00. The Bertz CT molecular complexity index is 787. The summed E-state index contributed by atoms with van der Waals surface area (Å²) in [7, 11) is 0. The maximum Gasteiger partial charge on any atom is 0.273 e. The minimum absolute atomic E-state index is 0.0306. The summed E-state index contributed by atoms with van der Waals surface area (Å²) in [5.74, 6) is 1.16. The van der Waals surface area contributed by atoms with E-state index in [1.165, 1.54) is 0 Å². The molecule has 4 rings (SSSR count). The van der Waals surface area contributed by atoms with Crippen LogP contribution in [0.15, 0.2) is 10.9 Å². The molecule has 0 spiro atoms. The molecule has 0 saturated carbocycles. The lowest BCUT2D eigenvalue weighted by atomic mass is 9.93. The molecular formula is C19H26N4O3. The van der Waals surface area contributed by atoms with Gasteiger partial charge in [0, 0.05) is 56.7 Å². The lowest BCUT2D eigenvalue weighted by Crippen LogP contribution is -2.50. The Morgan fingerprint density at radius 1 is 1.15 bits per heavy atom. The van der Waals surface area contributed by atoms with E-state index in [9.17, 15) is 14.4 Å². The molecule has 0 aromatic carbocycles. The van der Waals surface area contributed by atoms with Gasteiger partial charge in [-0.2, -0.15) is 4.98 Å². The molecule has 7 nitrogen and oxygen atoms in total. The number of hydrogen-bond donors (Lipinski definition) is 0. The summed E-state index contributed by atoms with van der Waals surface area (Å²) in [5.41, 5.74) is 0.854. The van der Waals surface area contributed by atoms with Crippen LogP contribution in [0.3, 0.4) is 0 Å². The smallest absolute Gasteiger partial charge is 0.273 e. The molecule has 4 heterocycles. The van der Waals surface area contributed by atoms with Crippen LogP contribution in [0.1, 0.15) is 56.5 Å². The Morgan fingerprint density at radius 2 is 1.96 bits per heavy atom. The van der Waals surface area contributed by atoms with E-state index in [1.54, 1.807) is 11.0 Å². The van der Waals surface area contributed by atoms with Gasteiger partial charge in [-0.05, 0) is 32.6 Å². The highest BCUT2D eigenvalue weighted by Gasteiger charge is 2.35. The van der Waals surface area contributed by atoms with Gasteiger partial charge in [0.25, 0.3) is 5.56 Å². The number of aryl methyl sites for hydroxylation is 1. The molecule has 3 aliphatic heterocycles. The average molecular weight is 358 g/mol. The van der Waals surface area contributed by atoms with Crippen LogP contribution >= 0.6 is 0 Å². The fraction of sp³-hybridized carbons (Fsp3) is 0.684. The van der Waals surface area contributed by atoms with E-state index in [0.717, 1.165) is 56.7 Å². The zero-order chi connectivity index (χ0) is 18.3. The maximum atomic E-state index is 13.0. The standard InChI is InChI=1S/C19H26N4O3/c1-13(22-9-4-7-18(22)25)19(26)21-8-2-5-14(12-21)15-11-17(24)20-16-6-3-10-23(15)16/h11,13-14H,2-10,12H2,1H3/t13-,14+/m0/s1. The van der Waals surface area contributed by atoms with Gasteiger partial charge in [-0.15, -0.1) is 0 Å². The van der Waals surface area contributed by atoms with Crippen molar-refractivity contribution >= 4 is 11.8 Å². The lowest BCUT2D eigenvalue weighted by Gasteiger charge is -2.37. The Morgan fingerprint density at radius 3 is 2.73 bits per heavy atom. The van der Waals surface area contributed by atoms with Gasteiger partial charge >= 0.3 is 0 Å². The Labute approximate surface area is 153 Å². The number of hydrogen-bond acceptors (Lipinski definition) is 4. The highest BCUT2D eigenvalue weighted by Crippen LogP contribution is 2.29. The summed E-state index contributed by atoms with van der Waals surface area (Å²) in [6.07, 6.45) is 5.16. The van der Waals surface area contributed by atoms with Crippen LogP contribution < -0.4 is 5.56 Å². The third-order valence-corrected chi connectivity index (χ3v) is 6.00. The molecule has 2 saturated heterocycles. The largest absolute Gasteiger partial charge is 0.340 e. The summed E-state index contributed by atoms with van der Waals surface area (Å²) >= 11 is 0. The predicted molar refractivity (Wildman–Crippen MR) is 95.8 cm³/mol. The molecule has 140 valence electrons. The second-order valence-electron chi connectivity index (χ2n) is 7.68. The Balaban J connectivity index is 1.52. The number of nitrogens with zero attached hydrogens (tertiary/aromatic N) is 4. The maximum absolute atomic E-state index is 13.0. The molecule has 2 amide bonds. The van der Waals surface area contributed by atoms with Crippen molar-refractivity contribution in [1.82, 2.24) is 19.4 Å². The summed E-state index contributed by atoms with van der Waals surface area (Å²) in [6, 6.07) is 1.26. The van der Waals surface area contributed by atoms with Gasteiger partial charge in [0.2, 0.25) is 11.8 Å². The zero-order valence-electron chi connectivity index (χ0n) is 15.3. The van der Waals surface area contributed by atoms with Crippen molar-refractivity contribution in [1.29, 1.82) is 0 Å². The molecule has 2 fully saturated rings. The van der Waals surface area contributed by atoms with E-state index in [4.69, 9.17) is 0 Å². The lowest BCUT2D eigenvalue weighted by molar-refractivity contribution is -0.143. The molecular weight excluding hydrogens is 332 g/mol. The normalized spacial score (nSPS) is 24.0. The van der Waals surface area contributed by atoms with E-state index < -0.39 is 6.04 Å². The molecule has 0 aliphatic carbocycles. The van der Waals surface area contributed by atoms with Crippen molar-refractivity contribution in [3.63, 3.8) is 0 Å². The molecule has 0 N–H and O–H groups in total. The minimum atomic E-state index is -0.394. The second kappa shape index (κ2) is 6.85. The number of amides is 2. The fourth-order valence-electron chi connectivity index (χ4n) is 4.65. The highest BCUT2D eigenvalue weighted by molar-refractivity contribution is 5.88. The first-order valence-electron chi connectivity index (χ1n) is 9.73. The highest BCUT2D eigenvalue weighted by atomic mass is 16.2. The van der Waals surface area contributed by atoms with Crippen molar-refractivity contribution in [2.75, 3.05) is 19.6 Å². The molecule has 3 aliphatic rings. The van der Waals surface area contributed by atoms with Crippen LogP contribution in [-0.2, 0) is 22.6 Å². The quantitative estimate of drug-likeness (QED) is 0.805. The van der Waals surface area contributed by atoms with Crippen molar-refractivity contribution in [3.05, 3.63) is 27.9 Å². The molecule has 1 aromatic rings. The van der Waals surface area contributed by atoms with E-state index in [2.05, 4.69) is 9.55 Å². The first-order valence-corrected chi connectivity index (χ1v) is 9.73. The summed E-state index contributed by atoms with van der Waals surface area (Å²) in [4.78, 5) is 44.6.